The number of carbonyl (C=O) groups is 1. The Morgan fingerprint density at radius 2 is 1.03 bits per heavy atom. The van der Waals surface area contributed by atoms with Crippen molar-refractivity contribution in [2.45, 2.75) is 20.9 Å². The second-order valence-electron chi connectivity index (χ2n) is 6.63. The Morgan fingerprint density at radius 3 is 1.38 bits per heavy atom. The van der Waals surface area contributed by atoms with Gasteiger partial charge in [-0.15, -0.1) is 0 Å². The Hall–Kier alpha value is -3.51. The van der Waals surface area contributed by atoms with Gasteiger partial charge in [-0.05, 0) is 54.6 Å². The largest absolute Gasteiger partial charge is 0.478 e. The Labute approximate surface area is 187 Å². The fourth-order valence-corrected chi connectivity index (χ4v) is 5.01. The molecule has 0 aliphatic rings. The molecule has 4 rings (SSSR count). The quantitative estimate of drug-likeness (QED) is 0.332. The number of carboxylic acids is 1. The lowest BCUT2D eigenvalue weighted by molar-refractivity contribution is -0.137. The average molecular weight is 454 g/mol. The Morgan fingerprint density at radius 1 is 0.625 bits per heavy atom. The maximum Gasteiger partial charge on any atom is 0.416 e. The van der Waals surface area contributed by atoms with Gasteiger partial charge in [0, 0.05) is 0 Å². The molecule has 0 aliphatic heterocycles. The smallest absolute Gasteiger partial charge is 0.416 e. The van der Waals surface area contributed by atoms with E-state index < -0.39 is 17.7 Å². The van der Waals surface area contributed by atoms with Crippen molar-refractivity contribution >= 4 is 16.9 Å². The number of aromatic carboxylic acids is 1. The highest BCUT2D eigenvalue weighted by Gasteiger charge is 2.31. The number of benzene rings is 4. The molecule has 0 aliphatic carbocycles. The van der Waals surface area contributed by atoms with Gasteiger partial charge in [0.05, 0.1) is 22.0 Å². The van der Waals surface area contributed by atoms with Crippen LogP contribution in [-0.4, -0.2) is 11.1 Å². The van der Waals surface area contributed by atoms with Gasteiger partial charge in [-0.2, -0.15) is 13.2 Å². The number of hydrogen-bond donors (Lipinski definition) is 1. The normalized spacial score (nSPS) is 10.9. The first-order chi connectivity index (χ1) is 15.4. The lowest BCUT2D eigenvalue weighted by atomic mass is 10.1. The second-order valence-corrected chi connectivity index (χ2v) is 8.66. The summed E-state index contributed by atoms with van der Waals surface area (Å²) >= 11 is 0. The van der Waals surface area contributed by atoms with Crippen molar-refractivity contribution in [1.29, 1.82) is 0 Å². The number of carboxylic acid groups (broad SMARTS) is 1. The molecule has 4 aromatic rings. The van der Waals surface area contributed by atoms with Crippen molar-refractivity contribution in [3.05, 3.63) is 126 Å². The van der Waals surface area contributed by atoms with Crippen molar-refractivity contribution < 1.29 is 23.1 Å². The summed E-state index contributed by atoms with van der Waals surface area (Å²) in [5, 5.41) is 8.41. The molecule has 4 aromatic carbocycles. The molecule has 0 radical (unpaired) electrons. The Kier molecular flexibility index (Phi) is 7.73. The molecule has 0 saturated heterocycles. The molecule has 0 bridgehead atoms. The number of hydrogen-bond acceptors (Lipinski definition) is 1. The number of alkyl halides is 3. The first kappa shape index (κ1) is 23.2. The predicted octanol–water partition coefficient (Wildman–Crippen LogP) is 7.19. The van der Waals surface area contributed by atoms with Crippen LogP contribution in [0.4, 0.5) is 13.2 Å². The van der Waals surface area contributed by atoms with Gasteiger partial charge >= 0.3 is 12.1 Å². The zero-order valence-electron chi connectivity index (χ0n) is 16.9. The van der Waals surface area contributed by atoms with Gasteiger partial charge < -0.3 is 5.11 Å². The highest BCUT2D eigenvalue weighted by Crippen LogP contribution is 2.31. The van der Waals surface area contributed by atoms with Crippen LogP contribution in [0.2, 0.25) is 0 Å². The minimum atomic E-state index is -4.49. The van der Waals surface area contributed by atoms with Crippen LogP contribution in [0.15, 0.2) is 130 Å². The van der Waals surface area contributed by atoms with E-state index in [4.69, 9.17) is 5.11 Å². The predicted molar refractivity (Wildman–Crippen MR) is 120 cm³/mol. The summed E-state index contributed by atoms with van der Waals surface area (Å²) in [6.45, 7) is 0. The molecule has 0 heterocycles. The van der Waals surface area contributed by atoms with Gasteiger partial charge in [-0.25, -0.2) is 4.79 Å². The van der Waals surface area contributed by atoms with Crippen LogP contribution in [0.1, 0.15) is 15.9 Å². The molecule has 1 N–H and O–H groups in total. The maximum absolute atomic E-state index is 12.0. The molecule has 162 valence electrons. The van der Waals surface area contributed by atoms with Crippen LogP contribution < -0.4 is 0 Å². The van der Waals surface area contributed by atoms with Crippen LogP contribution in [-0.2, 0) is 17.1 Å². The van der Waals surface area contributed by atoms with E-state index in [1.165, 1.54) is 14.7 Å². The van der Waals surface area contributed by atoms with Crippen molar-refractivity contribution in [3.8, 4) is 0 Å². The third kappa shape index (κ3) is 6.25. The minimum absolute atomic E-state index is 0.0146. The summed E-state index contributed by atoms with van der Waals surface area (Å²) in [7, 11) is -0.0146. The van der Waals surface area contributed by atoms with Crippen LogP contribution in [0.5, 0.6) is 0 Å². The van der Waals surface area contributed by atoms with E-state index in [1.807, 2.05) is 0 Å². The number of rotatable bonds is 4. The monoisotopic (exact) mass is 453 g/mol. The molecular formula is C26H20F3O2S+. The van der Waals surface area contributed by atoms with Crippen molar-refractivity contribution in [2.75, 3.05) is 0 Å². The summed E-state index contributed by atoms with van der Waals surface area (Å²) in [5.74, 6) is -1.37. The summed E-state index contributed by atoms with van der Waals surface area (Å²) in [6, 6.07) is 35.7. The van der Waals surface area contributed by atoms with Gasteiger partial charge in [0.25, 0.3) is 0 Å². The highest BCUT2D eigenvalue weighted by molar-refractivity contribution is 7.97. The Balaban J connectivity index is 0.000000195. The second kappa shape index (κ2) is 10.7. The molecule has 2 nitrogen and oxygen atoms in total. The molecule has 0 amide bonds. The lowest BCUT2D eigenvalue weighted by Crippen LogP contribution is -2.06. The first-order valence-electron chi connectivity index (χ1n) is 9.66. The topological polar surface area (TPSA) is 37.3 Å². The van der Waals surface area contributed by atoms with Crippen LogP contribution in [0.3, 0.4) is 0 Å². The van der Waals surface area contributed by atoms with Crippen molar-refractivity contribution in [1.82, 2.24) is 0 Å². The van der Waals surface area contributed by atoms with Gasteiger partial charge in [-0.3, -0.25) is 0 Å². The van der Waals surface area contributed by atoms with E-state index in [9.17, 15) is 18.0 Å². The molecule has 0 saturated carbocycles. The molecule has 0 aromatic heterocycles. The van der Waals surface area contributed by atoms with E-state index in [0.29, 0.717) is 6.07 Å². The Bertz CT molecular complexity index is 1040. The maximum atomic E-state index is 12.0. The van der Waals surface area contributed by atoms with Crippen LogP contribution >= 0.6 is 0 Å². The zero-order chi connectivity index (χ0) is 23.0. The standard InChI is InChI=1S/C18H15S.C8H5F3O2/c1-4-10-16(11-5-1)19(17-12-6-2-7-13-17)18-14-8-3-9-15-18;9-8(10,11)6-3-1-2-5(4-6)7(12)13/h1-15H;1-4H,(H,12,13)/q+1;. The first-order valence-corrected chi connectivity index (χ1v) is 10.9. The molecule has 0 fully saturated rings. The van der Waals surface area contributed by atoms with E-state index in [0.717, 1.165) is 18.2 Å². The zero-order valence-corrected chi connectivity index (χ0v) is 17.7. The van der Waals surface area contributed by atoms with Gasteiger partial charge in [0.1, 0.15) is 0 Å². The highest BCUT2D eigenvalue weighted by atomic mass is 32.2. The van der Waals surface area contributed by atoms with E-state index >= 15 is 0 Å². The van der Waals surface area contributed by atoms with Gasteiger partial charge in [0.2, 0.25) is 0 Å². The fourth-order valence-electron chi connectivity index (χ4n) is 2.91. The van der Waals surface area contributed by atoms with Crippen molar-refractivity contribution in [2.24, 2.45) is 0 Å². The molecule has 0 spiro atoms. The number of halogens is 3. The average Bonchev–Trinajstić information content (AvgIpc) is 2.81. The van der Waals surface area contributed by atoms with Crippen molar-refractivity contribution in [3.63, 3.8) is 0 Å². The van der Waals surface area contributed by atoms with Crippen LogP contribution in [0, 0.1) is 0 Å². The van der Waals surface area contributed by atoms with Gasteiger partial charge in [-0.1, -0.05) is 60.7 Å². The van der Waals surface area contributed by atoms with E-state index in [1.54, 1.807) is 0 Å². The molecule has 6 heteroatoms. The lowest BCUT2D eigenvalue weighted by Gasteiger charge is -2.07. The SMILES string of the molecule is O=C(O)c1cccc(C(F)(F)F)c1.c1ccc([S+](c2ccccc2)c2ccccc2)cc1. The third-order valence-electron chi connectivity index (χ3n) is 4.37. The third-order valence-corrected chi connectivity index (χ3v) is 6.60. The van der Waals surface area contributed by atoms with E-state index in [-0.39, 0.29) is 16.5 Å². The van der Waals surface area contributed by atoms with E-state index in [2.05, 4.69) is 91.0 Å². The molecule has 0 unspecified atom stereocenters. The fraction of sp³-hybridized carbons (Fsp3) is 0.0385. The molecule has 32 heavy (non-hydrogen) atoms. The van der Waals surface area contributed by atoms with Crippen LogP contribution in [0.25, 0.3) is 0 Å². The molecule has 0 atom stereocenters. The van der Waals surface area contributed by atoms with Gasteiger partial charge in [0.15, 0.2) is 14.7 Å². The molecular weight excluding hydrogens is 433 g/mol. The summed E-state index contributed by atoms with van der Waals surface area (Å²) in [6.07, 6.45) is -4.49. The summed E-state index contributed by atoms with van der Waals surface area (Å²) in [5.41, 5.74) is -1.32. The summed E-state index contributed by atoms with van der Waals surface area (Å²) in [4.78, 5) is 14.4. The summed E-state index contributed by atoms with van der Waals surface area (Å²) < 4.78 is 36.1. The minimum Gasteiger partial charge on any atom is -0.478 e.